The van der Waals surface area contributed by atoms with Gasteiger partial charge in [-0.2, -0.15) is 0 Å². The lowest BCUT2D eigenvalue weighted by Gasteiger charge is -2.13. The number of carboxylic acids is 1. The molecule has 0 saturated carbocycles. The predicted molar refractivity (Wildman–Crippen MR) is 130 cm³/mol. The molecule has 0 saturated heterocycles. The summed E-state index contributed by atoms with van der Waals surface area (Å²) >= 11 is 0. The maximum absolute atomic E-state index is 14.3. The second-order valence-electron chi connectivity index (χ2n) is 7.76. The van der Waals surface area contributed by atoms with Crippen molar-refractivity contribution in [3.8, 4) is 17.0 Å². The molecule has 0 radical (unpaired) electrons. The van der Waals surface area contributed by atoms with E-state index in [1.54, 1.807) is 31.4 Å². The number of aromatic nitrogens is 3. The monoisotopic (exact) mass is 463 g/mol. The van der Waals surface area contributed by atoms with Gasteiger partial charge in [-0.25, -0.2) is 19.2 Å². The van der Waals surface area contributed by atoms with Gasteiger partial charge in [0, 0.05) is 48.0 Å². The molecule has 0 amide bonds. The Morgan fingerprint density at radius 2 is 1.97 bits per heavy atom. The van der Waals surface area contributed by atoms with Crippen LogP contribution in [0.25, 0.3) is 22.2 Å². The van der Waals surface area contributed by atoms with E-state index in [9.17, 15) is 14.3 Å². The van der Waals surface area contributed by atoms with Crippen LogP contribution in [-0.2, 0) is 6.54 Å². The highest BCUT2D eigenvalue weighted by Gasteiger charge is 2.15. The highest BCUT2D eigenvalue weighted by atomic mass is 19.1. The van der Waals surface area contributed by atoms with Crippen LogP contribution in [0.5, 0.6) is 5.75 Å². The van der Waals surface area contributed by atoms with Gasteiger partial charge >= 0.3 is 5.97 Å². The Morgan fingerprint density at radius 1 is 1.15 bits per heavy atom. The number of carboxylic acid groups (broad SMARTS) is 1. The van der Waals surface area contributed by atoms with Crippen LogP contribution in [0.4, 0.5) is 15.9 Å². The standard InChI is InChI=1S/C25H26FN5O3/c1-4-27-21-12-16(5-6-17(21)25(32)33)20-13-23(30-14-29-20)28-9-10-31-15(2)11-18-19(26)7-8-22(34-3)24(18)31/h5-8,11-14,27H,4,9-10H2,1-3H3,(H,32,33)(H,28,29,30). The second kappa shape index (κ2) is 9.78. The number of hydrogen-bond acceptors (Lipinski definition) is 6. The zero-order valence-electron chi connectivity index (χ0n) is 19.2. The molecule has 2 aromatic heterocycles. The van der Waals surface area contributed by atoms with Gasteiger partial charge in [0.1, 0.15) is 23.7 Å². The molecule has 2 heterocycles. The number of methoxy groups -OCH3 is 1. The van der Waals surface area contributed by atoms with E-state index in [2.05, 4.69) is 20.6 Å². The van der Waals surface area contributed by atoms with Gasteiger partial charge in [-0.15, -0.1) is 0 Å². The Hall–Kier alpha value is -4.14. The number of halogens is 1. The third kappa shape index (κ3) is 4.50. The molecule has 9 heteroatoms. The average Bonchev–Trinajstić information content (AvgIpc) is 3.17. The molecule has 176 valence electrons. The molecule has 0 fully saturated rings. The SMILES string of the molecule is CCNc1cc(-c2cc(NCCn3c(C)cc4c(F)ccc(OC)c43)ncn2)ccc1C(=O)O. The van der Waals surface area contributed by atoms with Crippen molar-refractivity contribution in [2.24, 2.45) is 0 Å². The van der Waals surface area contributed by atoms with Crippen molar-refractivity contribution in [1.29, 1.82) is 0 Å². The summed E-state index contributed by atoms with van der Waals surface area (Å²) in [5.74, 6) is -0.0199. The van der Waals surface area contributed by atoms with E-state index in [4.69, 9.17) is 4.74 Å². The molecule has 34 heavy (non-hydrogen) atoms. The van der Waals surface area contributed by atoms with Crippen molar-refractivity contribution in [1.82, 2.24) is 14.5 Å². The van der Waals surface area contributed by atoms with Crippen molar-refractivity contribution in [3.05, 3.63) is 65.9 Å². The number of fused-ring (bicyclic) bond motifs is 1. The van der Waals surface area contributed by atoms with Gasteiger partial charge in [-0.3, -0.25) is 0 Å². The number of ether oxygens (including phenoxy) is 1. The predicted octanol–water partition coefficient (Wildman–Crippen LogP) is 4.80. The van der Waals surface area contributed by atoms with Crippen molar-refractivity contribution in [2.45, 2.75) is 20.4 Å². The number of rotatable bonds is 9. The van der Waals surface area contributed by atoms with Gasteiger partial charge in [0.2, 0.25) is 0 Å². The number of aryl methyl sites for hydroxylation is 1. The molecule has 2 aromatic carbocycles. The lowest BCUT2D eigenvalue weighted by Crippen LogP contribution is -2.12. The molecule has 8 nitrogen and oxygen atoms in total. The summed E-state index contributed by atoms with van der Waals surface area (Å²) in [7, 11) is 1.57. The first-order chi connectivity index (χ1) is 16.4. The van der Waals surface area contributed by atoms with Crippen LogP contribution < -0.4 is 15.4 Å². The molecule has 4 aromatic rings. The van der Waals surface area contributed by atoms with Gasteiger partial charge in [-0.05, 0) is 44.2 Å². The van der Waals surface area contributed by atoms with Crippen LogP contribution in [0.15, 0.2) is 48.8 Å². The summed E-state index contributed by atoms with van der Waals surface area (Å²) in [5.41, 5.74) is 3.84. The maximum Gasteiger partial charge on any atom is 0.337 e. The third-order valence-corrected chi connectivity index (χ3v) is 5.62. The smallest absolute Gasteiger partial charge is 0.337 e. The highest BCUT2D eigenvalue weighted by molar-refractivity contribution is 5.95. The molecule has 0 aliphatic carbocycles. The molecule has 0 aliphatic rings. The average molecular weight is 464 g/mol. The molecule has 0 aliphatic heterocycles. The molecule has 3 N–H and O–H groups in total. The zero-order chi connectivity index (χ0) is 24.2. The van der Waals surface area contributed by atoms with Crippen molar-refractivity contribution in [3.63, 3.8) is 0 Å². The fourth-order valence-electron chi connectivity index (χ4n) is 4.03. The fraction of sp³-hybridized carbons (Fsp3) is 0.240. The highest BCUT2D eigenvalue weighted by Crippen LogP contribution is 2.31. The molecule has 0 spiro atoms. The van der Waals surface area contributed by atoms with Crippen LogP contribution in [-0.4, -0.2) is 45.8 Å². The number of hydrogen-bond donors (Lipinski definition) is 3. The number of nitrogens with one attached hydrogen (secondary N) is 2. The van der Waals surface area contributed by atoms with Crippen LogP contribution >= 0.6 is 0 Å². The summed E-state index contributed by atoms with van der Waals surface area (Å²) in [5, 5.41) is 16.3. The Labute approximate surface area is 196 Å². The van der Waals surface area contributed by atoms with Crippen LogP contribution in [0.3, 0.4) is 0 Å². The molecular weight excluding hydrogens is 437 g/mol. The molecule has 0 atom stereocenters. The normalized spacial score (nSPS) is 10.9. The minimum atomic E-state index is -0.989. The summed E-state index contributed by atoms with van der Waals surface area (Å²) in [6.45, 7) is 5.56. The van der Waals surface area contributed by atoms with E-state index in [0.717, 1.165) is 16.8 Å². The molecular formula is C25H26FN5O3. The van der Waals surface area contributed by atoms with Gasteiger partial charge in [0.25, 0.3) is 0 Å². The number of nitrogens with zero attached hydrogens (tertiary/aromatic N) is 3. The number of carbonyl (C=O) groups is 1. The quantitative estimate of drug-likeness (QED) is 0.328. The van der Waals surface area contributed by atoms with Crippen LogP contribution in [0, 0.1) is 12.7 Å². The largest absolute Gasteiger partial charge is 0.495 e. The summed E-state index contributed by atoms with van der Waals surface area (Å²) < 4.78 is 21.8. The van der Waals surface area contributed by atoms with Gasteiger partial charge in [0.05, 0.1) is 23.9 Å². The van der Waals surface area contributed by atoms with Gasteiger partial charge in [-0.1, -0.05) is 6.07 Å². The van der Waals surface area contributed by atoms with E-state index in [1.807, 2.05) is 30.5 Å². The van der Waals surface area contributed by atoms with Gasteiger partial charge < -0.3 is 25.0 Å². The molecule has 0 unspecified atom stereocenters. The minimum absolute atomic E-state index is 0.208. The first-order valence-corrected chi connectivity index (χ1v) is 10.9. The second-order valence-corrected chi connectivity index (χ2v) is 7.76. The summed E-state index contributed by atoms with van der Waals surface area (Å²) in [4.78, 5) is 20.1. The number of aromatic carboxylic acids is 1. The first-order valence-electron chi connectivity index (χ1n) is 10.9. The topological polar surface area (TPSA) is 101 Å². The van der Waals surface area contributed by atoms with Crippen molar-refractivity contribution >= 4 is 28.4 Å². The van der Waals surface area contributed by atoms with E-state index in [-0.39, 0.29) is 11.4 Å². The van der Waals surface area contributed by atoms with Crippen LogP contribution in [0.1, 0.15) is 23.0 Å². The van der Waals surface area contributed by atoms with Crippen molar-refractivity contribution in [2.75, 3.05) is 30.8 Å². The van der Waals surface area contributed by atoms with E-state index >= 15 is 0 Å². The van der Waals surface area contributed by atoms with Crippen LogP contribution in [0.2, 0.25) is 0 Å². The summed E-state index contributed by atoms with van der Waals surface area (Å²) in [6.07, 6.45) is 1.46. The minimum Gasteiger partial charge on any atom is -0.495 e. The fourth-order valence-corrected chi connectivity index (χ4v) is 4.03. The molecule has 4 rings (SSSR count). The number of benzene rings is 2. The first kappa shape index (κ1) is 23.0. The van der Waals surface area contributed by atoms with Crippen molar-refractivity contribution < 1.29 is 19.0 Å². The Balaban J connectivity index is 1.54. The van der Waals surface area contributed by atoms with E-state index in [1.165, 1.54) is 12.4 Å². The lowest BCUT2D eigenvalue weighted by molar-refractivity contribution is 0.0698. The zero-order valence-corrected chi connectivity index (χ0v) is 19.2. The maximum atomic E-state index is 14.3. The Bertz CT molecular complexity index is 1350. The third-order valence-electron chi connectivity index (χ3n) is 5.62. The lowest BCUT2D eigenvalue weighted by atomic mass is 10.1. The van der Waals surface area contributed by atoms with Gasteiger partial charge in [0.15, 0.2) is 0 Å². The van der Waals surface area contributed by atoms with E-state index < -0.39 is 5.97 Å². The Kier molecular flexibility index (Phi) is 6.62. The molecule has 0 bridgehead atoms. The summed E-state index contributed by atoms with van der Waals surface area (Å²) in [6, 6.07) is 11.7. The number of anilines is 2. The van der Waals surface area contributed by atoms with E-state index in [0.29, 0.717) is 48.0 Å². The Morgan fingerprint density at radius 3 is 2.71 bits per heavy atom.